The molecule has 0 saturated carbocycles. The van der Waals surface area contributed by atoms with E-state index in [1.807, 2.05) is 22.6 Å². The van der Waals surface area contributed by atoms with Crippen LogP contribution in [0.25, 0.3) is 0 Å². The van der Waals surface area contributed by atoms with Gasteiger partial charge in [0.2, 0.25) is 5.91 Å². The number of halogens is 2. The first kappa shape index (κ1) is 12.4. The van der Waals surface area contributed by atoms with Gasteiger partial charge in [-0.1, -0.05) is 0 Å². The first-order valence-electron chi connectivity index (χ1n) is 5.31. The van der Waals surface area contributed by atoms with Gasteiger partial charge in [-0.15, -0.1) is 0 Å². The van der Waals surface area contributed by atoms with E-state index < -0.39 is 0 Å². The molecule has 1 fully saturated rings. The molecule has 17 heavy (non-hydrogen) atoms. The molecule has 1 aromatic carbocycles. The Bertz CT molecular complexity index is 466. The van der Waals surface area contributed by atoms with Crippen molar-refractivity contribution in [1.29, 1.82) is 0 Å². The van der Waals surface area contributed by atoms with Crippen LogP contribution in [0.15, 0.2) is 12.1 Å². The van der Waals surface area contributed by atoms with Gasteiger partial charge in [-0.25, -0.2) is 4.39 Å². The van der Waals surface area contributed by atoms with Crippen molar-refractivity contribution in [2.24, 2.45) is 5.73 Å². The Morgan fingerprint density at radius 3 is 2.88 bits per heavy atom. The van der Waals surface area contributed by atoms with Crippen LogP contribution in [0.4, 0.5) is 15.8 Å². The van der Waals surface area contributed by atoms with Gasteiger partial charge in [0.25, 0.3) is 0 Å². The molecular weight excluding hydrogens is 336 g/mol. The standard InChI is InChI=1S/C11H13FIN3O/c12-6-4-10(8(14)5-7(6)13)16-3-1-2-9(16)11(15)17/h4-5,9H,1-3,14H2,(H2,15,17). The number of benzene rings is 1. The van der Waals surface area contributed by atoms with E-state index in [-0.39, 0.29) is 17.8 Å². The van der Waals surface area contributed by atoms with Gasteiger partial charge in [-0.2, -0.15) is 0 Å². The lowest BCUT2D eigenvalue weighted by Gasteiger charge is -2.26. The van der Waals surface area contributed by atoms with Crippen molar-refractivity contribution < 1.29 is 9.18 Å². The number of amides is 1. The van der Waals surface area contributed by atoms with Crippen molar-refractivity contribution in [2.75, 3.05) is 17.2 Å². The third kappa shape index (κ3) is 2.31. The van der Waals surface area contributed by atoms with Crippen LogP contribution >= 0.6 is 22.6 Å². The third-order valence-electron chi connectivity index (χ3n) is 2.96. The maximum absolute atomic E-state index is 13.5. The lowest BCUT2D eigenvalue weighted by Crippen LogP contribution is -2.40. The smallest absolute Gasteiger partial charge is 0.240 e. The average molecular weight is 349 g/mol. The normalized spacial score (nSPS) is 19.6. The predicted molar refractivity (Wildman–Crippen MR) is 73.1 cm³/mol. The Hall–Kier alpha value is -1.05. The second-order valence-corrected chi connectivity index (χ2v) is 5.24. The van der Waals surface area contributed by atoms with Crippen LogP contribution < -0.4 is 16.4 Å². The van der Waals surface area contributed by atoms with Crippen LogP contribution in [0.2, 0.25) is 0 Å². The second-order valence-electron chi connectivity index (χ2n) is 4.08. The summed E-state index contributed by atoms with van der Waals surface area (Å²) in [5, 5.41) is 0. The number of nitrogen functional groups attached to an aromatic ring is 1. The van der Waals surface area contributed by atoms with Crippen molar-refractivity contribution in [1.82, 2.24) is 0 Å². The largest absolute Gasteiger partial charge is 0.397 e. The summed E-state index contributed by atoms with van der Waals surface area (Å²) in [5.74, 6) is -0.717. The molecule has 2 rings (SSSR count). The number of nitrogens with zero attached hydrogens (tertiary/aromatic N) is 1. The summed E-state index contributed by atoms with van der Waals surface area (Å²) in [6, 6.07) is 2.57. The lowest BCUT2D eigenvalue weighted by molar-refractivity contribution is -0.119. The molecule has 6 heteroatoms. The van der Waals surface area contributed by atoms with Gasteiger partial charge in [-0.3, -0.25) is 4.79 Å². The molecule has 1 unspecified atom stereocenters. The molecular formula is C11H13FIN3O. The number of carbonyl (C=O) groups is 1. The Balaban J connectivity index is 2.40. The van der Waals surface area contributed by atoms with Crippen LogP contribution in [0, 0.1) is 9.39 Å². The molecule has 1 atom stereocenters. The number of nitrogens with two attached hydrogens (primary N) is 2. The summed E-state index contributed by atoms with van der Waals surface area (Å²) in [5.41, 5.74) is 12.2. The molecule has 92 valence electrons. The predicted octanol–water partition coefficient (Wildman–Crippen LogP) is 1.47. The van der Waals surface area contributed by atoms with E-state index in [0.717, 1.165) is 6.42 Å². The molecule has 1 amide bonds. The molecule has 1 aliphatic heterocycles. The van der Waals surface area contributed by atoms with Gasteiger partial charge in [0.1, 0.15) is 11.9 Å². The second kappa shape index (κ2) is 4.67. The number of rotatable bonds is 2. The van der Waals surface area contributed by atoms with Gasteiger partial charge in [0.15, 0.2) is 0 Å². The zero-order valence-electron chi connectivity index (χ0n) is 9.12. The molecule has 0 spiro atoms. The summed E-state index contributed by atoms with van der Waals surface area (Å²) >= 11 is 1.88. The van der Waals surface area contributed by atoms with Crippen LogP contribution in [0.3, 0.4) is 0 Å². The van der Waals surface area contributed by atoms with E-state index in [1.165, 1.54) is 6.07 Å². The Labute approximate surface area is 112 Å². The number of hydrogen-bond donors (Lipinski definition) is 2. The van der Waals surface area contributed by atoms with Crippen molar-refractivity contribution >= 4 is 39.9 Å². The van der Waals surface area contributed by atoms with Gasteiger partial charge in [-0.05, 0) is 41.5 Å². The maximum Gasteiger partial charge on any atom is 0.240 e. The van der Waals surface area contributed by atoms with E-state index in [9.17, 15) is 9.18 Å². The van der Waals surface area contributed by atoms with Crippen LogP contribution in [0.5, 0.6) is 0 Å². The number of carbonyl (C=O) groups excluding carboxylic acids is 1. The van der Waals surface area contributed by atoms with E-state index in [2.05, 4.69) is 0 Å². The first-order chi connectivity index (χ1) is 8.00. The summed E-state index contributed by atoms with van der Waals surface area (Å²) in [6.45, 7) is 0.678. The molecule has 0 aromatic heterocycles. The van der Waals surface area contributed by atoms with E-state index >= 15 is 0 Å². The summed E-state index contributed by atoms with van der Waals surface area (Å²) < 4.78 is 14.0. The molecule has 0 bridgehead atoms. The number of hydrogen-bond acceptors (Lipinski definition) is 3. The topological polar surface area (TPSA) is 72.4 Å². The molecule has 0 aliphatic carbocycles. The lowest BCUT2D eigenvalue weighted by atomic mass is 10.2. The highest BCUT2D eigenvalue weighted by Gasteiger charge is 2.30. The first-order valence-corrected chi connectivity index (χ1v) is 6.39. The van der Waals surface area contributed by atoms with Crippen LogP contribution in [0.1, 0.15) is 12.8 Å². The molecule has 4 nitrogen and oxygen atoms in total. The number of anilines is 2. The molecule has 1 aromatic rings. The molecule has 1 aliphatic rings. The Morgan fingerprint density at radius 2 is 2.24 bits per heavy atom. The SMILES string of the molecule is NC(=O)C1CCCN1c1cc(F)c(I)cc1N. The summed E-state index contributed by atoms with van der Waals surface area (Å²) in [6.07, 6.45) is 1.56. The number of primary amides is 1. The van der Waals surface area contributed by atoms with E-state index in [1.54, 1.807) is 11.0 Å². The fourth-order valence-electron chi connectivity index (χ4n) is 2.15. The molecule has 1 heterocycles. The van der Waals surface area contributed by atoms with Gasteiger partial charge >= 0.3 is 0 Å². The minimum atomic E-state index is -0.388. The average Bonchev–Trinajstić information content (AvgIpc) is 2.72. The maximum atomic E-state index is 13.5. The van der Waals surface area contributed by atoms with Gasteiger partial charge < -0.3 is 16.4 Å². The zero-order valence-corrected chi connectivity index (χ0v) is 11.3. The Kier molecular flexibility index (Phi) is 3.41. The van der Waals surface area contributed by atoms with Gasteiger partial charge in [0.05, 0.1) is 14.9 Å². The van der Waals surface area contributed by atoms with Crippen molar-refractivity contribution in [3.05, 3.63) is 21.5 Å². The minimum absolute atomic E-state index is 0.329. The van der Waals surface area contributed by atoms with Crippen LogP contribution in [-0.4, -0.2) is 18.5 Å². The fourth-order valence-corrected chi connectivity index (χ4v) is 2.64. The van der Waals surface area contributed by atoms with Gasteiger partial charge in [0, 0.05) is 12.6 Å². The Morgan fingerprint density at radius 1 is 1.53 bits per heavy atom. The highest BCUT2D eigenvalue weighted by atomic mass is 127. The van der Waals surface area contributed by atoms with Crippen LogP contribution in [-0.2, 0) is 4.79 Å². The van der Waals surface area contributed by atoms with Crippen molar-refractivity contribution in [3.63, 3.8) is 0 Å². The molecule has 4 N–H and O–H groups in total. The summed E-state index contributed by atoms with van der Waals surface area (Å²) in [7, 11) is 0. The third-order valence-corrected chi connectivity index (χ3v) is 3.79. The molecule has 0 radical (unpaired) electrons. The van der Waals surface area contributed by atoms with Crippen molar-refractivity contribution in [3.8, 4) is 0 Å². The minimum Gasteiger partial charge on any atom is -0.397 e. The quantitative estimate of drug-likeness (QED) is 0.627. The van der Waals surface area contributed by atoms with Crippen molar-refractivity contribution in [2.45, 2.75) is 18.9 Å². The zero-order chi connectivity index (χ0) is 12.6. The van der Waals surface area contributed by atoms with E-state index in [4.69, 9.17) is 11.5 Å². The molecule has 1 saturated heterocycles. The fraction of sp³-hybridized carbons (Fsp3) is 0.364. The van der Waals surface area contributed by atoms with E-state index in [0.29, 0.717) is 27.9 Å². The highest BCUT2D eigenvalue weighted by molar-refractivity contribution is 14.1. The highest BCUT2D eigenvalue weighted by Crippen LogP contribution is 2.32. The monoisotopic (exact) mass is 349 g/mol. The summed E-state index contributed by atoms with van der Waals surface area (Å²) in [4.78, 5) is 13.1.